The lowest BCUT2D eigenvalue weighted by molar-refractivity contribution is 0.110. The van der Waals surface area contributed by atoms with Crippen LogP contribution >= 0.6 is 0 Å². The third-order valence-corrected chi connectivity index (χ3v) is 6.10. The third-order valence-electron chi connectivity index (χ3n) is 4.29. The standard InChI is InChI=1S/C18H13NO5S/c1-19-17(16-11-6-2-4-8-13(11)24-14(16)10-20)18(21)12-7-3-5-9-15(12)25(19,22)23/h2-10,21H,1H3. The molecule has 1 N–H and O–H groups in total. The van der Waals surface area contributed by atoms with Gasteiger partial charge in [0.2, 0.25) is 0 Å². The number of sulfonamides is 1. The predicted molar refractivity (Wildman–Crippen MR) is 92.4 cm³/mol. The molecule has 0 atom stereocenters. The van der Waals surface area contributed by atoms with Gasteiger partial charge in [0.1, 0.15) is 17.0 Å². The number of carbonyl (C=O) groups is 1. The SMILES string of the molecule is CN1C(c2c(C=O)oc3ccccc23)=C(O)c2ccccc2S1(=O)=O. The van der Waals surface area contributed by atoms with E-state index in [-0.39, 0.29) is 33.2 Å². The zero-order valence-corrected chi connectivity index (χ0v) is 13.9. The second-order valence-electron chi connectivity index (χ2n) is 5.62. The molecule has 6 nitrogen and oxygen atoms in total. The van der Waals surface area contributed by atoms with E-state index in [0.29, 0.717) is 17.3 Å². The van der Waals surface area contributed by atoms with Crippen LogP contribution < -0.4 is 0 Å². The van der Waals surface area contributed by atoms with Crippen molar-refractivity contribution in [2.24, 2.45) is 0 Å². The Bertz CT molecular complexity index is 1160. The third kappa shape index (κ3) is 2.02. The first-order valence-corrected chi connectivity index (χ1v) is 8.89. The number of nitrogens with zero attached hydrogens (tertiary/aromatic N) is 1. The monoisotopic (exact) mass is 355 g/mol. The fourth-order valence-corrected chi connectivity index (χ4v) is 4.51. The summed E-state index contributed by atoms with van der Waals surface area (Å²) in [5, 5.41) is 11.3. The smallest absolute Gasteiger partial charge is 0.264 e. The molecule has 0 unspecified atom stereocenters. The van der Waals surface area contributed by atoms with Crippen LogP contribution in [0.1, 0.15) is 21.7 Å². The van der Waals surface area contributed by atoms with Gasteiger partial charge in [0.25, 0.3) is 10.0 Å². The number of carbonyl (C=O) groups excluding carboxylic acids is 1. The van der Waals surface area contributed by atoms with Crippen molar-refractivity contribution in [1.29, 1.82) is 0 Å². The van der Waals surface area contributed by atoms with Gasteiger partial charge in [0.05, 0.1) is 10.5 Å². The average Bonchev–Trinajstić information content (AvgIpc) is 2.99. The highest BCUT2D eigenvalue weighted by molar-refractivity contribution is 7.89. The number of aliphatic hydroxyl groups is 1. The number of hydrogen-bond acceptors (Lipinski definition) is 5. The van der Waals surface area contributed by atoms with Crippen LogP contribution in [0.25, 0.3) is 22.4 Å². The second kappa shape index (κ2) is 5.22. The van der Waals surface area contributed by atoms with E-state index in [1.54, 1.807) is 36.4 Å². The number of fused-ring (bicyclic) bond motifs is 2. The van der Waals surface area contributed by atoms with Crippen molar-refractivity contribution in [3.05, 3.63) is 65.4 Å². The number of benzene rings is 2. The van der Waals surface area contributed by atoms with Crippen molar-refractivity contribution in [2.45, 2.75) is 4.90 Å². The van der Waals surface area contributed by atoms with Gasteiger partial charge in [-0.1, -0.05) is 30.3 Å². The summed E-state index contributed by atoms with van der Waals surface area (Å²) in [5.41, 5.74) is 0.900. The summed E-state index contributed by atoms with van der Waals surface area (Å²) in [6, 6.07) is 13.1. The van der Waals surface area contributed by atoms with E-state index in [2.05, 4.69) is 0 Å². The molecule has 0 saturated heterocycles. The molecule has 0 saturated carbocycles. The summed E-state index contributed by atoms with van der Waals surface area (Å²) in [7, 11) is -2.52. The molecule has 0 radical (unpaired) electrons. The zero-order valence-electron chi connectivity index (χ0n) is 13.1. The van der Waals surface area contributed by atoms with E-state index < -0.39 is 10.0 Å². The van der Waals surface area contributed by atoms with Gasteiger partial charge in [-0.3, -0.25) is 9.10 Å². The first kappa shape index (κ1) is 15.5. The summed E-state index contributed by atoms with van der Waals surface area (Å²) in [6.45, 7) is 0. The van der Waals surface area contributed by atoms with Crippen LogP contribution in [0.3, 0.4) is 0 Å². The molecule has 0 aliphatic carbocycles. The van der Waals surface area contributed by atoms with E-state index in [1.807, 2.05) is 0 Å². The lowest BCUT2D eigenvalue weighted by Crippen LogP contribution is -2.31. The van der Waals surface area contributed by atoms with Gasteiger partial charge in [-0.2, -0.15) is 0 Å². The zero-order chi connectivity index (χ0) is 17.8. The average molecular weight is 355 g/mol. The lowest BCUT2D eigenvalue weighted by Gasteiger charge is -2.29. The van der Waals surface area contributed by atoms with Crippen molar-refractivity contribution in [1.82, 2.24) is 4.31 Å². The van der Waals surface area contributed by atoms with E-state index in [1.165, 1.54) is 19.2 Å². The molecule has 4 rings (SSSR count). The number of aliphatic hydroxyl groups excluding tert-OH is 1. The Balaban J connectivity index is 2.15. The number of furan rings is 1. The molecule has 25 heavy (non-hydrogen) atoms. The van der Waals surface area contributed by atoms with Crippen LogP contribution in [0.5, 0.6) is 0 Å². The van der Waals surface area contributed by atoms with Crippen LogP contribution in [0, 0.1) is 0 Å². The van der Waals surface area contributed by atoms with Gasteiger partial charge in [-0.15, -0.1) is 0 Å². The maximum atomic E-state index is 12.9. The molecule has 0 fully saturated rings. The quantitative estimate of drug-likeness (QED) is 0.713. The Morgan fingerprint density at radius 1 is 1.08 bits per heavy atom. The largest absolute Gasteiger partial charge is 0.505 e. The number of para-hydroxylation sites is 1. The number of rotatable bonds is 2. The van der Waals surface area contributed by atoms with Gasteiger partial charge in [-0.25, -0.2) is 8.42 Å². The molecule has 3 aromatic rings. The van der Waals surface area contributed by atoms with Crippen LogP contribution in [-0.4, -0.2) is 31.2 Å². The topological polar surface area (TPSA) is 87.8 Å². The highest BCUT2D eigenvalue weighted by atomic mass is 32.2. The molecule has 2 aromatic carbocycles. The van der Waals surface area contributed by atoms with Crippen molar-refractivity contribution < 1.29 is 22.7 Å². The molecule has 0 bridgehead atoms. The minimum Gasteiger partial charge on any atom is -0.505 e. The molecule has 2 heterocycles. The Hall–Kier alpha value is -3.06. The highest BCUT2D eigenvalue weighted by Crippen LogP contribution is 2.42. The molecule has 126 valence electrons. The van der Waals surface area contributed by atoms with Gasteiger partial charge in [-0.05, 0) is 18.2 Å². The molecule has 1 aliphatic rings. The van der Waals surface area contributed by atoms with Gasteiger partial charge >= 0.3 is 0 Å². The lowest BCUT2D eigenvalue weighted by atomic mass is 10.0. The van der Waals surface area contributed by atoms with Gasteiger partial charge in [0, 0.05) is 18.0 Å². The summed E-state index contributed by atoms with van der Waals surface area (Å²) < 4.78 is 32.2. The fourth-order valence-electron chi connectivity index (χ4n) is 3.10. The molecule has 7 heteroatoms. The van der Waals surface area contributed by atoms with Crippen LogP contribution in [0.2, 0.25) is 0 Å². The Kier molecular flexibility index (Phi) is 3.23. The van der Waals surface area contributed by atoms with E-state index in [9.17, 15) is 18.3 Å². The van der Waals surface area contributed by atoms with Crippen LogP contribution in [0.15, 0.2) is 57.8 Å². The molecule has 1 aromatic heterocycles. The molecular weight excluding hydrogens is 342 g/mol. The number of hydrogen-bond donors (Lipinski definition) is 1. The first-order valence-electron chi connectivity index (χ1n) is 7.45. The maximum absolute atomic E-state index is 12.9. The highest BCUT2D eigenvalue weighted by Gasteiger charge is 2.37. The van der Waals surface area contributed by atoms with Gasteiger partial charge < -0.3 is 9.52 Å². The van der Waals surface area contributed by atoms with Crippen LogP contribution in [0.4, 0.5) is 0 Å². The Labute approximate surface area is 143 Å². The summed E-state index contributed by atoms with van der Waals surface area (Å²) in [6.07, 6.45) is 0.510. The molecule has 0 spiro atoms. The second-order valence-corrected chi connectivity index (χ2v) is 7.56. The summed E-state index contributed by atoms with van der Waals surface area (Å²) >= 11 is 0. The minimum absolute atomic E-state index is 0.0132. The van der Waals surface area contributed by atoms with E-state index in [4.69, 9.17) is 4.42 Å². The van der Waals surface area contributed by atoms with Gasteiger partial charge in [0.15, 0.2) is 12.0 Å². The molecule has 1 aliphatic heterocycles. The molecule has 0 amide bonds. The minimum atomic E-state index is -3.86. The Morgan fingerprint density at radius 3 is 2.52 bits per heavy atom. The predicted octanol–water partition coefficient (Wildman–Crippen LogP) is 3.26. The first-order chi connectivity index (χ1) is 12.0. The van der Waals surface area contributed by atoms with Crippen molar-refractivity contribution in [3.63, 3.8) is 0 Å². The van der Waals surface area contributed by atoms with Crippen molar-refractivity contribution in [3.8, 4) is 0 Å². The molecular formula is C18H13NO5S. The van der Waals surface area contributed by atoms with E-state index >= 15 is 0 Å². The summed E-state index contributed by atoms with van der Waals surface area (Å²) in [4.78, 5) is 11.5. The van der Waals surface area contributed by atoms with Crippen LogP contribution in [-0.2, 0) is 10.0 Å². The maximum Gasteiger partial charge on any atom is 0.264 e. The normalized spacial score (nSPS) is 16.1. The Morgan fingerprint density at radius 2 is 1.76 bits per heavy atom. The number of aldehydes is 1. The van der Waals surface area contributed by atoms with E-state index in [0.717, 1.165) is 4.31 Å². The fraction of sp³-hybridized carbons (Fsp3) is 0.0556. The summed E-state index contributed by atoms with van der Waals surface area (Å²) in [5.74, 6) is -0.258. The van der Waals surface area contributed by atoms with Crippen molar-refractivity contribution in [2.75, 3.05) is 7.05 Å². The van der Waals surface area contributed by atoms with Crippen molar-refractivity contribution >= 4 is 38.7 Å².